The zero-order valence-corrected chi connectivity index (χ0v) is 14.3. The Morgan fingerprint density at radius 2 is 1.48 bits per heavy atom. The molecule has 25 heavy (non-hydrogen) atoms. The average Bonchev–Trinajstić information content (AvgIpc) is 2.67. The van der Waals surface area contributed by atoms with Gasteiger partial charge in [0.05, 0.1) is 11.7 Å². The molecule has 2 aromatic carbocycles. The third kappa shape index (κ3) is 4.86. The van der Waals surface area contributed by atoms with Gasteiger partial charge >= 0.3 is 0 Å². The van der Waals surface area contributed by atoms with Gasteiger partial charge in [0, 0.05) is 11.6 Å². The maximum absolute atomic E-state index is 12.5. The van der Waals surface area contributed by atoms with Crippen LogP contribution in [0.15, 0.2) is 90.5 Å². The highest BCUT2D eigenvalue weighted by Crippen LogP contribution is 2.21. The number of pyridine rings is 1. The molecule has 1 aromatic heterocycles. The van der Waals surface area contributed by atoms with Crippen LogP contribution in [0.1, 0.15) is 22.9 Å². The zero-order chi connectivity index (χ0) is 17.5. The van der Waals surface area contributed by atoms with Crippen molar-refractivity contribution in [3.8, 4) is 0 Å². The summed E-state index contributed by atoms with van der Waals surface area (Å²) in [4.78, 5) is 4.31. The third-order valence-corrected chi connectivity index (χ3v) is 4.70. The molecular formula is C20H18N2O2S. The number of benzene rings is 2. The van der Waals surface area contributed by atoms with E-state index in [1.165, 1.54) is 5.41 Å². The summed E-state index contributed by atoms with van der Waals surface area (Å²) in [6, 6.07) is 23.6. The lowest BCUT2D eigenvalue weighted by molar-refractivity contribution is 0.579. The van der Waals surface area contributed by atoms with Crippen LogP contribution >= 0.6 is 0 Å². The predicted octanol–water partition coefficient (Wildman–Crippen LogP) is 3.76. The van der Waals surface area contributed by atoms with Crippen LogP contribution in [0.3, 0.4) is 0 Å². The van der Waals surface area contributed by atoms with Crippen LogP contribution in [0.2, 0.25) is 0 Å². The van der Waals surface area contributed by atoms with E-state index < -0.39 is 16.1 Å². The minimum absolute atomic E-state index is 0.548. The third-order valence-electron chi connectivity index (χ3n) is 3.64. The van der Waals surface area contributed by atoms with E-state index in [1.807, 2.05) is 66.7 Å². The molecule has 0 saturated carbocycles. The SMILES string of the molecule is O=S(=O)(C=Cc1ccccc1)NC(c1ccccc1)c1ccccn1. The summed E-state index contributed by atoms with van der Waals surface area (Å²) < 4.78 is 27.8. The minimum atomic E-state index is -3.65. The summed E-state index contributed by atoms with van der Waals surface area (Å²) >= 11 is 0. The second kappa shape index (κ2) is 7.88. The Kier molecular flexibility index (Phi) is 5.38. The molecule has 0 aliphatic carbocycles. The van der Waals surface area contributed by atoms with Crippen molar-refractivity contribution in [3.05, 3.63) is 107 Å². The summed E-state index contributed by atoms with van der Waals surface area (Å²) in [5, 5.41) is 1.18. The Morgan fingerprint density at radius 3 is 2.12 bits per heavy atom. The van der Waals surface area contributed by atoms with E-state index in [2.05, 4.69) is 9.71 Å². The van der Waals surface area contributed by atoms with Crippen LogP contribution in [0.25, 0.3) is 6.08 Å². The van der Waals surface area contributed by atoms with Gasteiger partial charge in [-0.2, -0.15) is 4.72 Å². The fourth-order valence-electron chi connectivity index (χ4n) is 2.43. The van der Waals surface area contributed by atoms with Gasteiger partial charge in [-0.15, -0.1) is 0 Å². The van der Waals surface area contributed by atoms with Crippen molar-refractivity contribution < 1.29 is 8.42 Å². The van der Waals surface area contributed by atoms with E-state index in [1.54, 1.807) is 24.4 Å². The lowest BCUT2D eigenvalue weighted by Crippen LogP contribution is -2.28. The van der Waals surface area contributed by atoms with E-state index >= 15 is 0 Å². The van der Waals surface area contributed by atoms with Crippen LogP contribution in [0.4, 0.5) is 0 Å². The molecular weight excluding hydrogens is 332 g/mol. The van der Waals surface area contributed by atoms with E-state index in [0.717, 1.165) is 11.1 Å². The molecule has 1 unspecified atom stereocenters. The smallest absolute Gasteiger partial charge is 0.234 e. The molecule has 0 aliphatic rings. The maximum atomic E-state index is 12.5. The number of rotatable bonds is 6. The van der Waals surface area contributed by atoms with E-state index in [4.69, 9.17) is 0 Å². The van der Waals surface area contributed by atoms with Gasteiger partial charge in [-0.05, 0) is 29.3 Å². The summed E-state index contributed by atoms with van der Waals surface area (Å²) in [5.74, 6) is 0. The Morgan fingerprint density at radius 1 is 0.840 bits per heavy atom. The topological polar surface area (TPSA) is 59.1 Å². The highest BCUT2D eigenvalue weighted by atomic mass is 32.2. The van der Waals surface area contributed by atoms with Gasteiger partial charge < -0.3 is 0 Å². The van der Waals surface area contributed by atoms with E-state index in [9.17, 15) is 8.42 Å². The summed E-state index contributed by atoms with van der Waals surface area (Å²) in [6.45, 7) is 0. The largest absolute Gasteiger partial charge is 0.259 e. The van der Waals surface area contributed by atoms with Crippen LogP contribution in [0, 0.1) is 0 Å². The van der Waals surface area contributed by atoms with Gasteiger partial charge in [0.1, 0.15) is 0 Å². The Labute approximate surface area is 147 Å². The van der Waals surface area contributed by atoms with Gasteiger partial charge in [0.15, 0.2) is 0 Å². The minimum Gasteiger partial charge on any atom is -0.259 e. The van der Waals surface area contributed by atoms with Gasteiger partial charge in [-0.25, -0.2) is 8.42 Å². The number of nitrogens with one attached hydrogen (secondary N) is 1. The molecule has 1 heterocycles. The molecule has 3 aromatic rings. The fourth-order valence-corrected chi connectivity index (χ4v) is 3.43. The number of nitrogens with zero attached hydrogens (tertiary/aromatic N) is 1. The van der Waals surface area contributed by atoms with Crippen LogP contribution in [0.5, 0.6) is 0 Å². The fraction of sp³-hybridized carbons (Fsp3) is 0.0500. The molecule has 0 radical (unpaired) electrons. The number of hydrogen-bond donors (Lipinski definition) is 1. The quantitative estimate of drug-likeness (QED) is 0.736. The second-order valence-corrected chi connectivity index (χ2v) is 7.07. The van der Waals surface area contributed by atoms with Crippen molar-refractivity contribution >= 4 is 16.1 Å². The first-order chi connectivity index (χ1) is 12.1. The molecule has 0 bridgehead atoms. The van der Waals surface area contributed by atoms with Gasteiger partial charge in [-0.3, -0.25) is 4.98 Å². The first kappa shape index (κ1) is 17.1. The Balaban J connectivity index is 1.88. The van der Waals surface area contributed by atoms with Crippen molar-refractivity contribution in [1.82, 2.24) is 9.71 Å². The number of aromatic nitrogens is 1. The summed E-state index contributed by atoms with van der Waals surface area (Å²) in [7, 11) is -3.65. The average molecular weight is 350 g/mol. The molecule has 0 amide bonds. The van der Waals surface area contributed by atoms with Crippen LogP contribution < -0.4 is 4.72 Å². The van der Waals surface area contributed by atoms with Crippen molar-refractivity contribution in [2.24, 2.45) is 0 Å². The van der Waals surface area contributed by atoms with Gasteiger partial charge in [0.2, 0.25) is 10.0 Å². The monoisotopic (exact) mass is 350 g/mol. The van der Waals surface area contributed by atoms with Crippen LogP contribution in [-0.2, 0) is 10.0 Å². The zero-order valence-electron chi connectivity index (χ0n) is 13.5. The summed E-state index contributed by atoms with van der Waals surface area (Å²) in [6.07, 6.45) is 3.22. The molecule has 1 atom stereocenters. The highest BCUT2D eigenvalue weighted by molar-refractivity contribution is 7.92. The summed E-state index contributed by atoms with van der Waals surface area (Å²) in [5.41, 5.74) is 2.30. The molecule has 126 valence electrons. The van der Waals surface area contributed by atoms with Crippen molar-refractivity contribution in [2.75, 3.05) is 0 Å². The first-order valence-corrected chi connectivity index (χ1v) is 9.40. The molecule has 5 heteroatoms. The lowest BCUT2D eigenvalue weighted by atomic mass is 10.0. The molecule has 0 aliphatic heterocycles. The van der Waals surface area contributed by atoms with E-state index in [-0.39, 0.29) is 0 Å². The second-order valence-electron chi connectivity index (χ2n) is 5.47. The molecule has 0 saturated heterocycles. The first-order valence-electron chi connectivity index (χ1n) is 7.85. The Bertz CT molecular complexity index is 886. The van der Waals surface area contributed by atoms with Crippen LogP contribution in [-0.4, -0.2) is 13.4 Å². The van der Waals surface area contributed by atoms with Gasteiger partial charge in [-0.1, -0.05) is 66.7 Å². The lowest BCUT2D eigenvalue weighted by Gasteiger charge is -2.17. The number of sulfonamides is 1. The predicted molar refractivity (Wildman–Crippen MR) is 100 cm³/mol. The van der Waals surface area contributed by atoms with Crippen molar-refractivity contribution in [1.29, 1.82) is 0 Å². The molecule has 0 fully saturated rings. The Hall–Kier alpha value is -2.76. The maximum Gasteiger partial charge on any atom is 0.234 e. The molecule has 3 rings (SSSR count). The van der Waals surface area contributed by atoms with Crippen molar-refractivity contribution in [2.45, 2.75) is 6.04 Å². The number of hydrogen-bond acceptors (Lipinski definition) is 3. The van der Waals surface area contributed by atoms with Gasteiger partial charge in [0.25, 0.3) is 0 Å². The molecule has 1 N–H and O–H groups in total. The molecule has 0 spiro atoms. The van der Waals surface area contributed by atoms with E-state index in [0.29, 0.717) is 5.69 Å². The molecule has 4 nitrogen and oxygen atoms in total. The highest BCUT2D eigenvalue weighted by Gasteiger charge is 2.20. The van der Waals surface area contributed by atoms with Crippen molar-refractivity contribution in [3.63, 3.8) is 0 Å². The standard InChI is InChI=1S/C20H18N2O2S/c23-25(24,16-14-17-9-3-1-4-10-17)22-20(18-11-5-2-6-12-18)19-13-7-8-15-21-19/h1-16,20,22H. The normalized spacial score (nSPS) is 13.0.